The molecule has 0 spiro atoms. The maximum Gasteiger partial charge on any atom is 0.0108 e. The van der Waals surface area contributed by atoms with Gasteiger partial charge in [0.2, 0.25) is 0 Å². The monoisotopic (exact) mass is 144 g/mol. The van der Waals surface area contributed by atoms with Crippen molar-refractivity contribution in [1.29, 1.82) is 0 Å². The van der Waals surface area contributed by atoms with Crippen molar-refractivity contribution in [3.63, 3.8) is 0 Å². The van der Waals surface area contributed by atoms with Crippen molar-refractivity contribution in [3.05, 3.63) is 37.0 Å². The van der Waals surface area contributed by atoms with Crippen molar-refractivity contribution in [2.24, 2.45) is 0 Å². The van der Waals surface area contributed by atoms with Gasteiger partial charge in [-0.3, -0.25) is 0 Å². The average Bonchev–Trinajstić information content (AvgIpc) is 1.93. The maximum atomic E-state index is 4.64. The van der Waals surface area contributed by atoms with Gasteiger partial charge < -0.3 is 0 Å². The van der Waals surface area contributed by atoms with E-state index in [9.17, 15) is 0 Å². The molecular weight excluding hydrogens is 132 g/mol. The predicted octanol–water partition coefficient (Wildman–Crippen LogP) is 3.16. The molecule has 0 aliphatic carbocycles. The van der Waals surface area contributed by atoms with Crippen LogP contribution < -0.4 is 0 Å². The third-order valence-electron chi connectivity index (χ3n) is 0.703. The third kappa shape index (κ3) is 11.2. The van der Waals surface area contributed by atoms with Gasteiger partial charge in [-0.05, 0) is 6.92 Å². The maximum absolute atomic E-state index is 4.64. The summed E-state index contributed by atoms with van der Waals surface area (Å²) in [4.78, 5) is 0. The number of allylic oxidation sites excluding steroid dienone is 4. The second-order valence-electron chi connectivity index (χ2n) is 1.35. The van der Waals surface area contributed by atoms with Crippen LogP contribution in [0.15, 0.2) is 37.0 Å². The Hall–Kier alpha value is -0.490. The van der Waals surface area contributed by atoms with E-state index in [1.807, 2.05) is 13.0 Å². The zero-order valence-corrected chi connectivity index (χ0v) is 6.78. The van der Waals surface area contributed by atoms with Crippen molar-refractivity contribution in [2.45, 2.75) is 6.92 Å². The molecular formula is C8H13Cl. The number of hydrogen-bond acceptors (Lipinski definition) is 0. The number of halogens is 1. The summed E-state index contributed by atoms with van der Waals surface area (Å²) in [6, 6.07) is 0. The lowest BCUT2D eigenvalue weighted by atomic mass is 10.3. The Morgan fingerprint density at radius 3 is 1.89 bits per heavy atom. The molecule has 0 N–H and O–H groups in total. The molecule has 0 fully saturated rings. The molecule has 0 saturated carbocycles. The largest absolute Gasteiger partial charge is 0.130 e. The third-order valence-corrected chi connectivity index (χ3v) is 0.703. The van der Waals surface area contributed by atoms with Gasteiger partial charge in [0.15, 0.2) is 0 Å². The van der Waals surface area contributed by atoms with Crippen LogP contribution >= 0.6 is 11.6 Å². The van der Waals surface area contributed by atoms with Crippen LogP contribution in [0.1, 0.15) is 6.92 Å². The van der Waals surface area contributed by atoms with E-state index in [4.69, 9.17) is 0 Å². The van der Waals surface area contributed by atoms with Crippen LogP contribution in [-0.2, 0) is 0 Å². The second kappa shape index (κ2) is 10.5. The van der Waals surface area contributed by atoms with Gasteiger partial charge in [0.05, 0.1) is 0 Å². The van der Waals surface area contributed by atoms with Crippen LogP contribution in [0.4, 0.5) is 0 Å². The molecule has 0 atom stereocenters. The zero-order valence-electron chi connectivity index (χ0n) is 6.02. The highest BCUT2D eigenvalue weighted by molar-refractivity contribution is 6.15. The number of hydrogen-bond donors (Lipinski definition) is 0. The Morgan fingerprint density at radius 1 is 1.33 bits per heavy atom. The Balaban J connectivity index is 0. The van der Waals surface area contributed by atoms with E-state index in [2.05, 4.69) is 24.8 Å². The van der Waals surface area contributed by atoms with Gasteiger partial charge in [-0.25, -0.2) is 0 Å². The number of rotatable bonds is 2. The molecule has 0 bridgehead atoms. The van der Waals surface area contributed by atoms with Crippen molar-refractivity contribution in [1.82, 2.24) is 0 Å². The molecule has 0 amide bonds. The van der Waals surface area contributed by atoms with Crippen molar-refractivity contribution in [2.75, 3.05) is 6.38 Å². The van der Waals surface area contributed by atoms with E-state index in [-0.39, 0.29) is 0 Å². The fraction of sp³-hybridized carbons (Fsp3) is 0.250. The molecule has 52 valence electrons. The minimum Gasteiger partial charge on any atom is -0.130 e. The van der Waals surface area contributed by atoms with Gasteiger partial charge in [-0.15, -0.1) is 11.6 Å². The fourth-order valence-corrected chi connectivity index (χ4v) is 0.254. The molecule has 0 nitrogen and oxygen atoms in total. The van der Waals surface area contributed by atoms with Crippen LogP contribution in [0.25, 0.3) is 0 Å². The summed E-state index contributed by atoms with van der Waals surface area (Å²) in [5.74, 6) is 0. The number of alkyl halides is 1. The van der Waals surface area contributed by atoms with Crippen molar-refractivity contribution >= 4 is 11.6 Å². The first-order chi connectivity index (χ1) is 4.31. The van der Waals surface area contributed by atoms with Gasteiger partial charge in [0.25, 0.3) is 0 Å². The topological polar surface area (TPSA) is 0 Å². The predicted molar refractivity (Wildman–Crippen MR) is 45.9 cm³/mol. The Kier molecular flexibility index (Phi) is 13.2. The molecule has 0 aromatic rings. The first-order valence-electron chi connectivity index (χ1n) is 2.61. The minimum absolute atomic E-state index is 1.15. The normalized spacial score (nSPS) is 9.00. The van der Waals surface area contributed by atoms with E-state index in [1.165, 1.54) is 6.38 Å². The van der Waals surface area contributed by atoms with Gasteiger partial charge in [-0.2, -0.15) is 0 Å². The molecule has 0 aliphatic heterocycles. The van der Waals surface area contributed by atoms with Crippen LogP contribution in [0, 0.1) is 0 Å². The smallest absolute Gasteiger partial charge is 0.0108 e. The lowest BCUT2D eigenvalue weighted by Crippen LogP contribution is -1.58. The van der Waals surface area contributed by atoms with Gasteiger partial charge in [0, 0.05) is 6.38 Å². The molecule has 0 aromatic carbocycles. The van der Waals surface area contributed by atoms with Crippen LogP contribution in [-0.4, -0.2) is 6.38 Å². The summed E-state index contributed by atoms with van der Waals surface area (Å²) in [6.45, 7) is 9.07. The molecule has 9 heavy (non-hydrogen) atoms. The second-order valence-corrected chi connectivity index (χ2v) is 1.35. The fourth-order valence-electron chi connectivity index (χ4n) is 0.254. The first kappa shape index (κ1) is 11.3. The summed E-state index contributed by atoms with van der Waals surface area (Å²) in [6.07, 6.45) is 6.92. The molecule has 0 aromatic heterocycles. The molecule has 0 aliphatic rings. The minimum atomic E-state index is 1.15. The zero-order chi connectivity index (χ0) is 7.70. The molecule has 1 heteroatoms. The Bertz CT molecular complexity index is 101. The Morgan fingerprint density at radius 2 is 1.78 bits per heavy atom. The highest BCUT2D eigenvalue weighted by atomic mass is 35.5. The SMILES string of the molecule is C=C/C=C(/C)C=C.CCl. The quantitative estimate of drug-likeness (QED) is 0.413. The molecule has 0 rings (SSSR count). The highest BCUT2D eigenvalue weighted by Crippen LogP contribution is 1.90. The van der Waals surface area contributed by atoms with Gasteiger partial charge in [-0.1, -0.05) is 37.0 Å². The lowest BCUT2D eigenvalue weighted by Gasteiger charge is -1.80. The van der Waals surface area contributed by atoms with E-state index in [0.717, 1.165) is 5.57 Å². The van der Waals surface area contributed by atoms with Crippen molar-refractivity contribution in [3.8, 4) is 0 Å². The van der Waals surface area contributed by atoms with E-state index in [1.54, 1.807) is 12.2 Å². The lowest BCUT2D eigenvalue weighted by molar-refractivity contribution is 1.54. The summed E-state index contributed by atoms with van der Waals surface area (Å²) < 4.78 is 0. The summed E-state index contributed by atoms with van der Waals surface area (Å²) in [7, 11) is 0. The van der Waals surface area contributed by atoms with E-state index in [0.29, 0.717) is 0 Å². The standard InChI is InChI=1S/C7H10.CH3Cl/c1-4-6-7(3)5-2;1-2/h4-6H,1-2H2,3H3;1H3/b7-6-;. The Labute approximate surface area is 62.5 Å². The van der Waals surface area contributed by atoms with Gasteiger partial charge in [0.1, 0.15) is 0 Å². The van der Waals surface area contributed by atoms with Crippen LogP contribution in [0.2, 0.25) is 0 Å². The molecule has 0 saturated heterocycles. The first-order valence-corrected chi connectivity index (χ1v) is 3.36. The van der Waals surface area contributed by atoms with Crippen LogP contribution in [0.5, 0.6) is 0 Å². The average molecular weight is 145 g/mol. The van der Waals surface area contributed by atoms with E-state index < -0.39 is 0 Å². The molecule has 0 radical (unpaired) electrons. The summed E-state index contributed by atoms with van der Waals surface area (Å²) >= 11 is 4.64. The summed E-state index contributed by atoms with van der Waals surface area (Å²) in [5.41, 5.74) is 1.15. The molecule has 0 heterocycles. The highest BCUT2D eigenvalue weighted by Gasteiger charge is 1.68. The van der Waals surface area contributed by atoms with Crippen LogP contribution in [0.3, 0.4) is 0 Å². The summed E-state index contributed by atoms with van der Waals surface area (Å²) in [5, 5.41) is 0. The van der Waals surface area contributed by atoms with Gasteiger partial charge >= 0.3 is 0 Å². The molecule has 0 unspecified atom stereocenters. The van der Waals surface area contributed by atoms with Crippen molar-refractivity contribution < 1.29 is 0 Å². The van der Waals surface area contributed by atoms with E-state index >= 15 is 0 Å².